The summed E-state index contributed by atoms with van der Waals surface area (Å²) in [5, 5.41) is 17.5. The lowest BCUT2D eigenvalue weighted by Crippen LogP contribution is -2.57. The van der Waals surface area contributed by atoms with Crippen LogP contribution in [0.3, 0.4) is 0 Å². The number of amides is 2. The quantitative estimate of drug-likeness (QED) is 0.191. The predicted octanol–water partition coefficient (Wildman–Crippen LogP) is 4.79. The molecule has 0 bridgehead atoms. The van der Waals surface area contributed by atoms with Gasteiger partial charge in [-0.25, -0.2) is 14.2 Å². The first-order valence-corrected chi connectivity index (χ1v) is 15.0. The molecule has 5 rings (SSSR count). The van der Waals surface area contributed by atoms with Crippen LogP contribution in [0.1, 0.15) is 61.6 Å². The average molecular weight is 632 g/mol. The Hall–Kier alpha value is -5.11. The Morgan fingerprint density at radius 3 is 2.52 bits per heavy atom. The summed E-state index contributed by atoms with van der Waals surface area (Å²) in [5.74, 6) is -1.77. The van der Waals surface area contributed by atoms with Gasteiger partial charge in [0.15, 0.2) is 11.6 Å². The number of aryl methyl sites for hydroxylation is 1. The molecule has 1 aromatic carbocycles. The van der Waals surface area contributed by atoms with Crippen molar-refractivity contribution >= 4 is 29.3 Å². The molecule has 3 atom stereocenters. The number of anilines is 3. The third-order valence-electron chi connectivity index (χ3n) is 7.35. The maximum absolute atomic E-state index is 15.5. The number of primary amides is 1. The van der Waals surface area contributed by atoms with Gasteiger partial charge in [-0.05, 0) is 64.7 Å². The van der Waals surface area contributed by atoms with Crippen molar-refractivity contribution in [3.63, 3.8) is 0 Å². The monoisotopic (exact) mass is 631 g/mol. The second-order valence-electron chi connectivity index (χ2n) is 12.0. The minimum atomic E-state index is -0.869. The largest absolute Gasteiger partial charge is 0.444 e. The Labute approximate surface area is 266 Å². The molecule has 0 saturated heterocycles. The summed E-state index contributed by atoms with van der Waals surface area (Å²) in [5.41, 5.74) is 7.41. The van der Waals surface area contributed by atoms with Crippen LogP contribution in [0.25, 0.3) is 5.69 Å². The Morgan fingerprint density at radius 1 is 1.09 bits per heavy atom. The van der Waals surface area contributed by atoms with E-state index in [2.05, 4.69) is 36.1 Å². The SMILES string of the molecule is Cc1ncc(Nc2nc(NC3CCCC(OCc4ccccc4)C3NC(=O)OC(C)(C)C)c(F)cc2C(N)=O)cc1-n1nccn1. The predicted molar refractivity (Wildman–Crippen MR) is 169 cm³/mol. The molecule has 14 heteroatoms. The minimum absolute atomic E-state index is 0.0192. The normalized spacial score (nSPS) is 18.1. The van der Waals surface area contributed by atoms with Gasteiger partial charge in [0.1, 0.15) is 17.1 Å². The van der Waals surface area contributed by atoms with Crippen molar-refractivity contribution in [3.8, 4) is 5.69 Å². The fourth-order valence-electron chi connectivity index (χ4n) is 5.24. The van der Waals surface area contributed by atoms with Gasteiger partial charge in [-0.15, -0.1) is 4.80 Å². The van der Waals surface area contributed by atoms with Gasteiger partial charge in [-0.1, -0.05) is 30.3 Å². The van der Waals surface area contributed by atoms with Crippen molar-refractivity contribution in [2.45, 2.75) is 77.4 Å². The first kappa shape index (κ1) is 32.3. The zero-order valence-corrected chi connectivity index (χ0v) is 26.2. The number of nitrogens with one attached hydrogen (secondary N) is 3. The van der Waals surface area contributed by atoms with E-state index in [9.17, 15) is 9.59 Å². The van der Waals surface area contributed by atoms with Crippen LogP contribution in [0.4, 0.5) is 26.5 Å². The van der Waals surface area contributed by atoms with Crippen LogP contribution in [0.5, 0.6) is 0 Å². The third kappa shape index (κ3) is 8.13. The molecule has 13 nitrogen and oxygen atoms in total. The van der Waals surface area contributed by atoms with E-state index in [1.165, 1.54) is 17.2 Å². The smallest absolute Gasteiger partial charge is 0.408 e. The Kier molecular flexibility index (Phi) is 9.75. The number of hydrogen-bond acceptors (Lipinski definition) is 10. The van der Waals surface area contributed by atoms with Gasteiger partial charge < -0.3 is 31.2 Å². The molecule has 0 spiro atoms. The van der Waals surface area contributed by atoms with E-state index < -0.39 is 41.6 Å². The van der Waals surface area contributed by atoms with Gasteiger partial charge in [0, 0.05) is 0 Å². The van der Waals surface area contributed by atoms with Gasteiger partial charge in [-0.2, -0.15) is 10.2 Å². The number of carbonyl (C=O) groups is 2. The van der Waals surface area contributed by atoms with Gasteiger partial charge in [0.2, 0.25) is 0 Å². The summed E-state index contributed by atoms with van der Waals surface area (Å²) in [7, 11) is 0. The van der Waals surface area contributed by atoms with Crippen LogP contribution in [0.15, 0.2) is 61.1 Å². The zero-order valence-electron chi connectivity index (χ0n) is 26.2. The molecular weight excluding hydrogens is 593 g/mol. The number of benzene rings is 1. The van der Waals surface area contributed by atoms with Gasteiger partial charge in [0.05, 0.1) is 60.3 Å². The standard InChI is InChI=1S/C32H38FN9O4/c1-19-25(42-36-13-14-37-42)15-21(17-35-19)38-29-22(28(34)43)16-23(33)30(41-29)39-24-11-8-12-26(45-18-20-9-6-5-7-10-20)27(24)40-31(44)46-32(2,3)4/h5-7,9-10,13-17,24,26-27H,8,11-12,18H2,1-4H3,(H2,34,43)(H,40,44)(H2,38,39,41). The molecule has 0 radical (unpaired) electrons. The summed E-state index contributed by atoms with van der Waals surface area (Å²) in [6.07, 6.45) is 5.59. The van der Waals surface area contributed by atoms with Gasteiger partial charge in [0.25, 0.3) is 5.91 Å². The molecule has 1 saturated carbocycles. The number of rotatable bonds is 10. The number of alkyl carbamates (subject to hydrolysis) is 1. The number of halogens is 1. The first-order valence-electron chi connectivity index (χ1n) is 15.0. The van der Waals surface area contributed by atoms with Crippen LogP contribution >= 0.6 is 0 Å². The molecule has 1 aliphatic carbocycles. The van der Waals surface area contributed by atoms with E-state index in [0.717, 1.165) is 18.1 Å². The van der Waals surface area contributed by atoms with Crippen LogP contribution in [-0.4, -0.2) is 60.8 Å². The number of hydrogen-bond donors (Lipinski definition) is 4. The summed E-state index contributed by atoms with van der Waals surface area (Å²) in [6, 6.07) is 11.4. The maximum atomic E-state index is 15.5. The van der Waals surface area contributed by atoms with Crippen LogP contribution in [0, 0.1) is 12.7 Å². The molecular formula is C32H38FN9O4. The highest BCUT2D eigenvalue weighted by atomic mass is 19.1. The highest BCUT2D eigenvalue weighted by Gasteiger charge is 2.37. The molecule has 242 valence electrons. The highest BCUT2D eigenvalue weighted by molar-refractivity contribution is 5.98. The second kappa shape index (κ2) is 13.9. The Morgan fingerprint density at radius 2 is 1.83 bits per heavy atom. The van der Waals surface area contributed by atoms with Crippen LogP contribution in [0.2, 0.25) is 0 Å². The minimum Gasteiger partial charge on any atom is -0.444 e. The lowest BCUT2D eigenvalue weighted by molar-refractivity contribution is -0.0146. The average Bonchev–Trinajstić information content (AvgIpc) is 3.54. The van der Waals surface area contributed by atoms with Crippen molar-refractivity contribution in [1.29, 1.82) is 0 Å². The summed E-state index contributed by atoms with van der Waals surface area (Å²) >= 11 is 0. The zero-order chi connectivity index (χ0) is 32.8. The maximum Gasteiger partial charge on any atom is 0.408 e. The van der Waals surface area contributed by atoms with E-state index in [4.69, 9.17) is 15.2 Å². The van der Waals surface area contributed by atoms with Crippen molar-refractivity contribution < 1.29 is 23.5 Å². The highest BCUT2D eigenvalue weighted by Crippen LogP contribution is 2.30. The Balaban J connectivity index is 1.42. The molecule has 46 heavy (non-hydrogen) atoms. The topological polar surface area (TPSA) is 171 Å². The van der Waals surface area contributed by atoms with Crippen molar-refractivity contribution in [1.82, 2.24) is 30.3 Å². The molecule has 1 aliphatic rings. The fourth-order valence-corrected chi connectivity index (χ4v) is 5.24. The fraction of sp³-hybridized carbons (Fsp3) is 0.375. The summed E-state index contributed by atoms with van der Waals surface area (Å²) in [6.45, 7) is 7.47. The van der Waals surface area contributed by atoms with E-state index in [0.29, 0.717) is 36.5 Å². The number of pyridine rings is 2. The third-order valence-corrected chi connectivity index (χ3v) is 7.35. The molecule has 2 amide bonds. The first-order chi connectivity index (χ1) is 22.0. The van der Waals surface area contributed by atoms with E-state index in [-0.39, 0.29) is 17.2 Å². The van der Waals surface area contributed by atoms with Crippen molar-refractivity contribution in [3.05, 3.63) is 83.7 Å². The van der Waals surface area contributed by atoms with E-state index >= 15 is 4.39 Å². The van der Waals surface area contributed by atoms with Crippen LogP contribution in [-0.2, 0) is 16.1 Å². The molecule has 3 aromatic heterocycles. The molecule has 3 heterocycles. The summed E-state index contributed by atoms with van der Waals surface area (Å²) < 4.78 is 27.4. The number of aromatic nitrogens is 5. The van der Waals surface area contributed by atoms with Gasteiger partial charge >= 0.3 is 6.09 Å². The molecule has 4 aromatic rings. The Bertz CT molecular complexity index is 1660. The van der Waals surface area contributed by atoms with Crippen molar-refractivity contribution in [2.24, 2.45) is 5.73 Å². The lowest BCUT2D eigenvalue weighted by Gasteiger charge is -2.39. The molecule has 0 aliphatic heterocycles. The van der Waals surface area contributed by atoms with Crippen molar-refractivity contribution in [2.75, 3.05) is 10.6 Å². The summed E-state index contributed by atoms with van der Waals surface area (Å²) in [4.78, 5) is 35.5. The molecule has 1 fully saturated rings. The van der Waals surface area contributed by atoms with E-state index in [1.807, 2.05) is 30.3 Å². The number of nitrogens with zero attached hydrogens (tertiary/aromatic N) is 5. The number of nitrogens with two attached hydrogens (primary N) is 1. The molecule has 5 N–H and O–H groups in total. The van der Waals surface area contributed by atoms with E-state index in [1.54, 1.807) is 40.0 Å². The molecule has 3 unspecified atom stereocenters. The van der Waals surface area contributed by atoms with Gasteiger partial charge in [-0.3, -0.25) is 9.78 Å². The second-order valence-corrected chi connectivity index (χ2v) is 12.0. The number of ether oxygens (including phenoxy) is 2. The lowest BCUT2D eigenvalue weighted by atomic mass is 9.87. The van der Waals surface area contributed by atoms with Crippen LogP contribution < -0.4 is 21.7 Å². The number of carbonyl (C=O) groups excluding carboxylic acids is 2.